The summed E-state index contributed by atoms with van der Waals surface area (Å²) in [6.07, 6.45) is 3.26. The van der Waals surface area contributed by atoms with E-state index in [2.05, 4.69) is 44.1 Å². The fourth-order valence-electron chi connectivity index (χ4n) is 1.62. The van der Waals surface area contributed by atoms with Gasteiger partial charge in [0.15, 0.2) is 0 Å². The highest BCUT2D eigenvalue weighted by Gasteiger charge is 2.23. The fourth-order valence-corrected chi connectivity index (χ4v) is 4.08. The minimum absolute atomic E-state index is 1.21. The summed E-state index contributed by atoms with van der Waals surface area (Å²) in [6.45, 7) is 9.14. The predicted octanol–water partition coefficient (Wildman–Crippen LogP) is 2.72. The minimum Gasteiger partial charge on any atom is -0.266 e. The number of aromatic nitrogens is 1. The molecule has 0 saturated carbocycles. The topological polar surface area (TPSA) is 12.9 Å². The van der Waals surface area contributed by atoms with Gasteiger partial charge >= 0.3 is 0 Å². The molecule has 0 aliphatic rings. The average molecular weight is 193 g/mol. The fraction of sp³-hybridized carbons (Fsp3) is 0.545. The molecular weight excluding hydrogens is 174 g/mol. The smallest absolute Gasteiger partial charge is 0.104 e. The molecule has 2 heteroatoms. The van der Waals surface area contributed by atoms with E-state index in [0.29, 0.717) is 0 Å². The first kappa shape index (κ1) is 10.4. The van der Waals surface area contributed by atoms with Crippen molar-refractivity contribution < 1.29 is 0 Å². The molecule has 0 saturated heterocycles. The van der Waals surface area contributed by atoms with Crippen LogP contribution in [0.2, 0.25) is 19.1 Å². The van der Waals surface area contributed by atoms with Crippen LogP contribution in [0.15, 0.2) is 18.3 Å². The number of hydrogen-bond acceptors (Lipinski definition) is 1. The van der Waals surface area contributed by atoms with E-state index in [4.69, 9.17) is 0 Å². The lowest BCUT2D eigenvalue weighted by molar-refractivity contribution is 1.05. The third-order valence-corrected chi connectivity index (χ3v) is 5.91. The molecule has 13 heavy (non-hydrogen) atoms. The van der Waals surface area contributed by atoms with E-state index >= 15 is 0 Å². The SMILES string of the molecule is CCC[Si](C)(C)c1ccc(C)cn1. The molecule has 1 rings (SSSR count). The average Bonchev–Trinajstić information content (AvgIpc) is 2.05. The lowest BCUT2D eigenvalue weighted by Crippen LogP contribution is -2.42. The van der Waals surface area contributed by atoms with Crippen molar-refractivity contribution in [2.75, 3.05) is 0 Å². The van der Waals surface area contributed by atoms with Gasteiger partial charge in [-0.25, -0.2) is 0 Å². The van der Waals surface area contributed by atoms with Crippen LogP contribution in [0.3, 0.4) is 0 Å². The first-order chi connectivity index (χ1) is 6.06. The van der Waals surface area contributed by atoms with Gasteiger partial charge in [-0.1, -0.05) is 38.5 Å². The Bertz CT molecular complexity index is 264. The molecule has 0 N–H and O–H groups in total. The second kappa shape index (κ2) is 4.05. The van der Waals surface area contributed by atoms with E-state index in [9.17, 15) is 0 Å². The van der Waals surface area contributed by atoms with Gasteiger partial charge in [-0.05, 0) is 18.6 Å². The molecular formula is C11H19NSi. The van der Waals surface area contributed by atoms with E-state index in [1.807, 2.05) is 6.20 Å². The van der Waals surface area contributed by atoms with Crippen LogP contribution in [0.4, 0.5) is 0 Å². The van der Waals surface area contributed by atoms with Crippen molar-refractivity contribution in [3.8, 4) is 0 Å². The molecule has 0 aliphatic carbocycles. The molecule has 0 atom stereocenters. The zero-order valence-corrected chi connectivity index (χ0v) is 10.1. The van der Waals surface area contributed by atoms with E-state index in [1.165, 1.54) is 23.3 Å². The normalized spacial score (nSPS) is 11.7. The predicted molar refractivity (Wildman–Crippen MR) is 61.2 cm³/mol. The van der Waals surface area contributed by atoms with Crippen LogP contribution in [0, 0.1) is 6.92 Å². The van der Waals surface area contributed by atoms with Crippen molar-refractivity contribution in [1.29, 1.82) is 0 Å². The van der Waals surface area contributed by atoms with E-state index in [0.717, 1.165) is 0 Å². The lowest BCUT2D eigenvalue weighted by atomic mass is 10.3. The van der Waals surface area contributed by atoms with E-state index in [1.54, 1.807) is 0 Å². The molecule has 72 valence electrons. The Kier molecular flexibility index (Phi) is 3.26. The molecule has 0 aliphatic heterocycles. The Morgan fingerprint density at radius 2 is 2.00 bits per heavy atom. The third kappa shape index (κ3) is 2.66. The van der Waals surface area contributed by atoms with Crippen molar-refractivity contribution in [2.45, 2.75) is 39.4 Å². The number of aryl methyl sites for hydroxylation is 1. The highest BCUT2D eigenvalue weighted by molar-refractivity contribution is 6.89. The summed E-state index contributed by atoms with van der Waals surface area (Å²) in [6, 6.07) is 5.72. The molecule has 0 amide bonds. The number of hydrogen-bond donors (Lipinski definition) is 0. The quantitative estimate of drug-likeness (QED) is 0.673. The van der Waals surface area contributed by atoms with Crippen LogP contribution in [0.5, 0.6) is 0 Å². The number of nitrogens with zero attached hydrogens (tertiary/aromatic N) is 1. The van der Waals surface area contributed by atoms with Gasteiger partial charge in [0.05, 0.1) is 0 Å². The highest BCUT2D eigenvalue weighted by atomic mass is 28.3. The Labute approximate surface area is 82.2 Å². The van der Waals surface area contributed by atoms with Gasteiger partial charge in [-0.3, -0.25) is 4.98 Å². The number of rotatable bonds is 3. The van der Waals surface area contributed by atoms with Crippen LogP contribution in [0.25, 0.3) is 0 Å². The largest absolute Gasteiger partial charge is 0.266 e. The molecule has 0 radical (unpaired) electrons. The van der Waals surface area contributed by atoms with Crippen LogP contribution in [-0.2, 0) is 0 Å². The zero-order chi connectivity index (χ0) is 9.90. The van der Waals surface area contributed by atoms with Crippen molar-refractivity contribution in [3.05, 3.63) is 23.9 Å². The maximum Gasteiger partial charge on any atom is 0.104 e. The molecule has 1 aromatic heterocycles. The molecule has 1 aromatic rings. The maximum absolute atomic E-state index is 4.53. The van der Waals surface area contributed by atoms with Crippen LogP contribution in [0.1, 0.15) is 18.9 Å². The molecule has 0 fully saturated rings. The Morgan fingerprint density at radius 1 is 1.31 bits per heavy atom. The van der Waals surface area contributed by atoms with Crippen LogP contribution < -0.4 is 5.32 Å². The van der Waals surface area contributed by atoms with Gasteiger partial charge < -0.3 is 0 Å². The van der Waals surface area contributed by atoms with Gasteiger partial charge in [0.1, 0.15) is 8.07 Å². The van der Waals surface area contributed by atoms with Crippen molar-refractivity contribution in [1.82, 2.24) is 4.98 Å². The highest BCUT2D eigenvalue weighted by Crippen LogP contribution is 2.10. The summed E-state index contributed by atoms with van der Waals surface area (Å²) in [5.41, 5.74) is 1.25. The molecule has 0 spiro atoms. The first-order valence-electron chi connectivity index (χ1n) is 4.99. The second-order valence-electron chi connectivity index (χ2n) is 4.35. The standard InChI is InChI=1S/C11H19NSi/c1-5-8-13(3,4)11-7-6-10(2)9-12-11/h6-7,9H,5,8H2,1-4H3. The van der Waals surface area contributed by atoms with Gasteiger partial charge in [-0.2, -0.15) is 0 Å². The minimum atomic E-state index is -1.21. The summed E-state index contributed by atoms with van der Waals surface area (Å²) < 4.78 is 0. The summed E-state index contributed by atoms with van der Waals surface area (Å²) in [7, 11) is -1.21. The summed E-state index contributed by atoms with van der Waals surface area (Å²) >= 11 is 0. The monoisotopic (exact) mass is 193 g/mol. The molecule has 0 bridgehead atoms. The summed E-state index contributed by atoms with van der Waals surface area (Å²) in [5.74, 6) is 0. The van der Waals surface area contributed by atoms with Gasteiger partial charge in [0.25, 0.3) is 0 Å². The summed E-state index contributed by atoms with van der Waals surface area (Å²) in [4.78, 5) is 4.53. The first-order valence-corrected chi connectivity index (χ1v) is 8.20. The lowest BCUT2D eigenvalue weighted by Gasteiger charge is -2.20. The zero-order valence-electron chi connectivity index (χ0n) is 9.09. The van der Waals surface area contributed by atoms with Crippen molar-refractivity contribution >= 4 is 13.4 Å². The molecule has 1 heterocycles. The Balaban J connectivity index is 2.87. The van der Waals surface area contributed by atoms with Gasteiger partial charge in [0, 0.05) is 11.5 Å². The van der Waals surface area contributed by atoms with Crippen LogP contribution >= 0.6 is 0 Å². The van der Waals surface area contributed by atoms with E-state index < -0.39 is 8.07 Å². The van der Waals surface area contributed by atoms with Gasteiger partial charge in [-0.15, -0.1) is 0 Å². The van der Waals surface area contributed by atoms with E-state index in [-0.39, 0.29) is 0 Å². The second-order valence-corrected chi connectivity index (χ2v) is 9.13. The molecule has 1 nitrogen and oxygen atoms in total. The van der Waals surface area contributed by atoms with Gasteiger partial charge in [0.2, 0.25) is 0 Å². The summed E-state index contributed by atoms with van der Waals surface area (Å²) in [5, 5.41) is 1.35. The molecule has 0 aromatic carbocycles. The third-order valence-electron chi connectivity index (χ3n) is 2.48. The Hall–Kier alpha value is -0.633. The number of pyridine rings is 1. The van der Waals surface area contributed by atoms with Crippen molar-refractivity contribution in [2.24, 2.45) is 0 Å². The van der Waals surface area contributed by atoms with Crippen LogP contribution in [-0.4, -0.2) is 13.1 Å². The van der Waals surface area contributed by atoms with Crippen molar-refractivity contribution in [3.63, 3.8) is 0 Å². The molecule has 0 unspecified atom stereocenters. The Morgan fingerprint density at radius 3 is 2.46 bits per heavy atom. The maximum atomic E-state index is 4.53.